The fourth-order valence-electron chi connectivity index (χ4n) is 10.1. The molecule has 9 atom stereocenters. The number of nitrogens with zero attached hydrogens (tertiary/aromatic N) is 2. The van der Waals surface area contributed by atoms with E-state index in [1.165, 1.54) is 72.3 Å². The van der Waals surface area contributed by atoms with E-state index in [2.05, 4.69) is 47.9 Å². The Balaban J connectivity index is 2.30. The average Bonchev–Trinajstić information content (AvgIpc) is 3.95. The van der Waals surface area contributed by atoms with Crippen LogP contribution < -0.4 is 53.6 Å². The van der Waals surface area contributed by atoms with Gasteiger partial charge in [0.25, 0.3) is 0 Å². The lowest BCUT2D eigenvalue weighted by Crippen LogP contribution is -2.66. The van der Waals surface area contributed by atoms with Crippen LogP contribution >= 0.6 is 0 Å². The molecule has 0 aliphatic carbocycles. The first kappa shape index (κ1) is 73.2. The van der Waals surface area contributed by atoms with Crippen molar-refractivity contribution >= 4 is 76.9 Å². The molecule has 12 amide bonds. The summed E-state index contributed by atoms with van der Waals surface area (Å²) in [5, 5.41) is 24.1. The first-order chi connectivity index (χ1) is 38.7. The Kier molecular flexibility index (Phi) is 27.3. The lowest BCUT2D eigenvalue weighted by molar-refractivity contribution is -0.148. The van der Waals surface area contributed by atoms with Crippen LogP contribution in [-0.4, -0.2) is 171 Å². The lowest BCUT2D eigenvalue weighted by atomic mass is 9.94. The van der Waals surface area contributed by atoms with Crippen LogP contribution in [0.4, 0.5) is 0 Å². The molecule has 0 radical (unpaired) electrons. The third-order valence-corrected chi connectivity index (χ3v) is 15.2. The molecule has 2 aliphatic rings. The second-order valence-corrected chi connectivity index (χ2v) is 25.7. The molecule has 2 heterocycles. The van der Waals surface area contributed by atoms with Gasteiger partial charge in [-0.2, -0.15) is 0 Å². The summed E-state index contributed by atoms with van der Waals surface area (Å²) in [7, 11) is 1.23. The summed E-state index contributed by atoms with van der Waals surface area (Å²) in [6.07, 6.45) is 1.74. The molecule has 2 aliphatic heterocycles. The largest absolute Gasteiger partial charge is 0.467 e. The molecule has 0 aromatic heterocycles. The maximum absolute atomic E-state index is 14.5. The van der Waals surface area contributed by atoms with Crippen molar-refractivity contribution in [2.75, 3.05) is 20.2 Å². The molecular weight excluding hydrogens is 1090 g/mol. The second-order valence-electron chi connectivity index (χ2n) is 25.7. The van der Waals surface area contributed by atoms with Crippen LogP contribution in [0, 0.1) is 23.7 Å². The summed E-state index contributed by atoms with van der Waals surface area (Å²) in [4.78, 5) is 179. The SMILES string of the molecule is CC[C@H](C)[C@H](NC(=O)[C@H](CC(C)C)NC(=O)[C@H](CC(N)=O)NC(=O)C(C)(C)NC(C)=O)C(=O)NC(C)(C)C(=O)N1CCC[C@H]1C(=O)N[C@](C)(CC)C(=O)N[C@@H](CC(C)C)C(=O)NC(C)(C)C(=O)N1CCC[C@H]1C(=O)N[C@@H](CC(C)C)C(=O)OC. The molecular formula is C58H100N12O14. The van der Waals surface area contributed by atoms with Gasteiger partial charge in [-0.1, -0.05) is 68.7 Å². The summed E-state index contributed by atoms with van der Waals surface area (Å²) >= 11 is 0. The quantitative estimate of drug-likeness (QED) is 0.0426. The van der Waals surface area contributed by atoms with Gasteiger partial charge in [-0.25, -0.2) is 4.79 Å². The Labute approximate surface area is 496 Å². The van der Waals surface area contributed by atoms with Crippen molar-refractivity contribution in [3.05, 3.63) is 0 Å². The van der Waals surface area contributed by atoms with Crippen LogP contribution in [0.25, 0.3) is 0 Å². The van der Waals surface area contributed by atoms with Crippen molar-refractivity contribution in [3.63, 3.8) is 0 Å². The molecule has 0 saturated carbocycles. The molecule has 0 aromatic rings. The minimum atomic E-state index is -1.67. The fraction of sp³-hybridized carbons (Fsp3) is 0.776. The van der Waals surface area contributed by atoms with Gasteiger partial charge < -0.3 is 68.1 Å². The van der Waals surface area contributed by atoms with E-state index in [1.54, 1.807) is 34.6 Å². The molecule has 0 unspecified atom stereocenters. The number of esters is 1. The number of amides is 12. The van der Waals surface area contributed by atoms with Gasteiger partial charge in [0.1, 0.15) is 64.4 Å². The standard InChI is InChI=1S/C58H100N12O14/c1-19-34(9)43(64-45(74)36(27-31(3)4)60-44(73)38(30-42(59)72)62-51(80)55(11,12)65-35(10)71)49(78)67-57(15,16)54(83)70-26-22-24-41(70)48(77)68-58(17,20-2)52(81)63-37(28-32(5)6)46(75)66-56(13,14)53(82)69-25-21-23-40(69)47(76)61-39(29-33(7)8)50(79)84-18/h31-34,36-41,43H,19-30H2,1-18H3,(H2,59,72)(H,60,73)(H,61,76)(H,62,80)(H,63,81)(H,64,74)(H,65,71)(H,66,75)(H,67,78)(H,68,77)/t34-,36-,37-,38-,39-,40-,41-,43-,58+/m0/s1. The second kappa shape index (κ2) is 31.3. The van der Waals surface area contributed by atoms with E-state index in [1.807, 2.05) is 27.7 Å². The number of hydrogen-bond donors (Lipinski definition) is 10. The minimum Gasteiger partial charge on any atom is -0.467 e. The molecule has 2 fully saturated rings. The van der Waals surface area contributed by atoms with Crippen LogP contribution in [0.5, 0.6) is 0 Å². The Bertz CT molecular complexity index is 2430. The Morgan fingerprint density at radius 3 is 1.40 bits per heavy atom. The maximum atomic E-state index is 14.5. The van der Waals surface area contributed by atoms with E-state index in [0.717, 1.165) is 0 Å². The topological polar surface area (TPSA) is 372 Å². The van der Waals surface area contributed by atoms with Crippen LogP contribution in [-0.2, 0) is 67.1 Å². The van der Waals surface area contributed by atoms with Gasteiger partial charge in [0.05, 0.1) is 13.5 Å². The number of ether oxygens (including phenoxy) is 1. The molecule has 2 saturated heterocycles. The van der Waals surface area contributed by atoms with Gasteiger partial charge in [-0.3, -0.25) is 57.5 Å². The number of hydrogen-bond acceptors (Lipinski definition) is 14. The van der Waals surface area contributed by atoms with E-state index in [4.69, 9.17) is 10.5 Å². The number of nitrogens with one attached hydrogen (secondary N) is 9. The van der Waals surface area contributed by atoms with Gasteiger partial charge in [-0.05, 0) is 124 Å². The van der Waals surface area contributed by atoms with Crippen molar-refractivity contribution < 1.29 is 67.1 Å². The van der Waals surface area contributed by atoms with E-state index >= 15 is 0 Å². The van der Waals surface area contributed by atoms with Crippen LogP contribution in [0.3, 0.4) is 0 Å². The summed E-state index contributed by atoms with van der Waals surface area (Å²) in [6, 6.07) is -8.19. The monoisotopic (exact) mass is 1190 g/mol. The Morgan fingerprint density at radius 2 is 0.964 bits per heavy atom. The van der Waals surface area contributed by atoms with Gasteiger partial charge in [0.15, 0.2) is 0 Å². The molecule has 26 heteroatoms. The molecule has 26 nitrogen and oxygen atoms in total. The number of carbonyl (C=O) groups is 13. The highest BCUT2D eigenvalue weighted by atomic mass is 16.5. The summed E-state index contributed by atoms with van der Waals surface area (Å²) in [5.74, 6) is -9.90. The smallest absolute Gasteiger partial charge is 0.328 e. The summed E-state index contributed by atoms with van der Waals surface area (Å²) < 4.78 is 4.90. The molecule has 0 spiro atoms. The lowest BCUT2D eigenvalue weighted by Gasteiger charge is -2.37. The third-order valence-electron chi connectivity index (χ3n) is 15.2. The van der Waals surface area contributed by atoms with Crippen molar-refractivity contribution in [2.24, 2.45) is 29.4 Å². The Morgan fingerprint density at radius 1 is 0.524 bits per heavy atom. The summed E-state index contributed by atoms with van der Waals surface area (Å²) in [6.45, 7) is 27.9. The Hall–Kier alpha value is -6.89. The van der Waals surface area contributed by atoms with Gasteiger partial charge in [-0.15, -0.1) is 0 Å². The van der Waals surface area contributed by atoms with Gasteiger partial charge in [0.2, 0.25) is 70.9 Å². The van der Waals surface area contributed by atoms with Crippen LogP contribution in [0.15, 0.2) is 0 Å². The molecule has 476 valence electrons. The van der Waals surface area contributed by atoms with Crippen LogP contribution in [0.1, 0.15) is 182 Å². The number of methoxy groups -OCH3 is 1. The maximum Gasteiger partial charge on any atom is 0.328 e. The number of nitrogens with two attached hydrogens (primary N) is 1. The highest BCUT2D eigenvalue weighted by Gasteiger charge is 2.47. The molecule has 11 N–H and O–H groups in total. The first-order valence-corrected chi connectivity index (χ1v) is 29.4. The third kappa shape index (κ3) is 21.0. The molecule has 84 heavy (non-hydrogen) atoms. The highest BCUT2D eigenvalue weighted by Crippen LogP contribution is 2.26. The first-order valence-electron chi connectivity index (χ1n) is 29.4. The zero-order valence-corrected chi connectivity index (χ0v) is 53.0. The highest BCUT2D eigenvalue weighted by molar-refractivity contribution is 6.02. The molecule has 0 bridgehead atoms. The number of likely N-dealkylation sites (tertiary alicyclic amines) is 2. The predicted octanol–water partition coefficient (Wildman–Crippen LogP) is 0.614. The summed E-state index contributed by atoms with van der Waals surface area (Å²) in [5.41, 5.74) is -0.928. The van der Waals surface area contributed by atoms with E-state index in [9.17, 15) is 62.3 Å². The number of carbonyl (C=O) groups excluding carboxylic acids is 13. The van der Waals surface area contributed by atoms with E-state index in [0.29, 0.717) is 32.1 Å². The van der Waals surface area contributed by atoms with Crippen molar-refractivity contribution in [1.29, 1.82) is 0 Å². The molecule has 0 aromatic carbocycles. The zero-order valence-electron chi connectivity index (χ0n) is 53.0. The minimum absolute atomic E-state index is 0.0480. The average molecular weight is 1190 g/mol. The normalized spacial score (nSPS) is 18.4. The number of rotatable bonds is 31. The van der Waals surface area contributed by atoms with Gasteiger partial charge in [0, 0.05) is 20.0 Å². The molecule has 2 rings (SSSR count). The zero-order chi connectivity index (χ0) is 64.6. The van der Waals surface area contributed by atoms with Gasteiger partial charge >= 0.3 is 5.97 Å². The van der Waals surface area contributed by atoms with E-state index < -0.39 is 154 Å². The van der Waals surface area contributed by atoms with Crippen molar-refractivity contribution in [2.45, 2.75) is 246 Å². The van der Waals surface area contributed by atoms with E-state index in [-0.39, 0.29) is 56.5 Å². The van der Waals surface area contributed by atoms with Crippen molar-refractivity contribution in [3.8, 4) is 0 Å². The fourth-order valence-corrected chi connectivity index (χ4v) is 10.1. The number of primary amides is 1. The predicted molar refractivity (Wildman–Crippen MR) is 312 cm³/mol. The van der Waals surface area contributed by atoms with Crippen molar-refractivity contribution in [1.82, 2.24) is 57.7 Å². The van der Waals surface area contributed by atoms with Crippen LogP contribution in [0.2, 0.25) is 0 Å².